The topological polar surface area (TPSA) is 45.2 Å². The first kappa shape index (κ1) is 14.9. The Morgan fingerprint density at radius 1 is 1.20 bits per heavy atom. The van der Waals surface area contributed by atoms with Crippen LogP contribution in [-0.4, -0.2) is 41.0 Å². The van der Waals surface area contributed by atoms with E-state index >= 15 is 0 Å². The maximum absolute atomic E-state index is 4.55. The van der Waals surface area contributed by atoms with Gasteiger partial charge in [0.25, 0.3) is 0 Å². The Morgan fingerprint density at radius 2 is 1.85 bits per heavy atom. The fourth-order valence-electron chi connectivity index (χ4n) is 1.84. The lowest BCUT2D eigenvalue weighted by atomic mass is 10.2. The summed E-state index contributed by atoms with van der Waals surface area (Å²) >= 11 is 1.71. The van der Waals surface area contributed by atoms with Crippen molar-refractivity contribution < 1.29 is 0 Å². The largest absolute Gasteiger partial charge is 0.347 e. The molecule has 0 radical (unpaired) electrons. The smallest absolute Gasteiger partial charge is 0.224 e. The SMILES string of the molecule is Cc1csc(C(C)N(C)Cc2cnc(N(C)C)nc2)n1. The van der Waals surface area contributed by atoms with Crippen LogP contribution in [0.3, 0.4) is 0 Å². The van der Waals surface area contributed by atoms with Gasteiger partial charge in [-0.05, 0) is 20.9 Å². The molecule has 0 amide bonds. The van der Waals surface area contributed by atoms with E-state index in [0.717, 1.165) is 28.8 Å². The Balaban J connectivity index is 2.01. The van der Waals surface area contributed by atoms with Gasteiger partial charge < -0.3 is 4.90 Å². The summed E-state index contributed by atoms with van der Waals surface area (Å²) in [6.45, 7) is 5.02. The van der Waals surface area contributed by atoms with Gasteiger partial charge in [-0.1, -0.05) is 0 Å². The monoisotopic (exact) mass is 291 g/mol. The van der Waals surface area contributed by atoms with Crippen LogP contribution in [0.15, 0.2) is 17.8 Å². The van der Waals surface area contributed by atoms with Gasteiger partial charge in [0.2, 0.25) is 5.95 Å². The maximum atomic E-state index is 4.55. The lowest BCUT2D eigenvalue weighted by molar-refractivity contribution is 0.252. The van der Waals surface area contributed by atoms with Crippen molar-refractivity contribution in [2.75, 3.05) is 26.0 Å². The summed E-state index contributed by atoms with van der Waals surface area (Å²) in [7, 11) is 5.98. The number of anilines is 1. The summed E-state index contributed by atoms with van der Waals surface area (Å²) in [4.78, 5) is 17.4. The molecule has 1 atom stereocenters. The molecule has 108 valence electrons. The van der Waals surface area contributed by atoms with Gasteiger partial charge >= 0.3 is 0 Å². The molecule has 2 heterocycles. The van der Waals surface area contributed by atoms with Crippen LogP contribution in [0, 0.1) is 6.92 Å². The zero-order valence-electron chi connectivity index (χ0n) is 12.7. The van der Waals surface area contributed by atoms with Gasteiger partial charge in [-0.2, -0.15) is 0 Å². The van der Waals surface area contributed by atoms with Crippen LogP contribution in [0.25, 0.3) is 0 Å². The molecule has 2 rings (SSSR count). The summed E-state index contributed by atoms with van der Waals surface area (Å²) in [6.07, 6.45) is 3.78. The predicted molar refractivity (Wildman–Crippen MR) is 83.1 cm³/mol. The minimum absolute atomic E-state index is 0.294. The summed E-state index contributed by atoms with van der Waals surface area (Å²) in [5, 5.41) is 3.24. The van der Waals surface area contributed by atoms with Crippen molar-refractivity contribution in [2.45, 2.75) is 26.4 Å². The van der Waals surface area contributed by atoms with Crippen molar-refractivity contribution in [3.63, 3.8) is 0 Å². The average Bonchev–Trinajstić information content (AvgIpc) is 2.85. The molecule has 0 aliphatic carbocycles. The molecule has 5 nitrogen and oxygen atoms in total. The third kappa shape index (κ3) is 3.52. The highest BCUT2D eigenvalue weighted by Gasteiger charge is 2.15. The summed E-state index contributed by atoms with van der Waals surface area (Å²) in [5.41, 5.74) is 2.20. The van der Waals surface area contributed by atoms with Crippen molar-refractivity contribution in [3.8, 4) is 0 Å². The second-order valence-electron chi connectivity index (χ2n) is 5.20. The minimum Gasteiger partial charge on any atom is -0.347 e. The first-order valence-electron chi connectivity index (χ1n) is 6.58. The van der Waals surface area contributed by atoms with E-state index in [9.17, 15) is 0 Å². The zero-order chi connectivity index (χ0) is 14.7. The third-order valence-electron chi connectivity index (χ3n) is 3.18. The first-order chi connectivity index (χ1) is 9.47. The number of thiazole rings is 1. The number of rotatable bonds is 5. The first-order valence-corrected chi connectivity index (χ1v) is 7.46. The van der Waals surface area contributed by atoms with Gasteiger partial charge in [-0.15, -0.1) is 11.3 Å². The van der Waals surface area contributed by atoms with Crippen LogP contribution >= 0.6 is 11.3 Å². The molecule has 0 aliphatic heterocycles. The van der Waals surface area contributed by atoms with E-state index in [1.165, 1.54) is 0 Å². The Bertz CT molecular complexity index is 549. The van der Waals surface area contributed by atoms with E-state index in [1.807, 2.05) is 38.3 Å². The quantitative estimate of drug-likeness (QED) is 0.847. The molecule has 0 saturated carbocycles. The Kier molecular flexibility index (Phi) is 4.67. The van der Waals surface area contributed by atoms with E-state index < -0.39 is 0 Å². The highest BCUT2D eigenvalue weighted by atomic mass is 32.1. The standard InChI is InChI=1S/C14H21N5S/c1-10-9-20-13(17-10)11(2)19(5)8-12-6-15-14(16-7-12)18(3)4/h6-7,9,11H,8H2,1-5H3. The molecule has 0 saturated heterocycles. The van der Waals surface area contributed by atoms with E-state index in [4.69, 9.17) is 0 Å². The van der Waals surface area contributed by atoms with Gasteiger partial charge in [-0.3, -0.25) is 4.90 Å². The van der Waals surface area contributed by atoms with Gasteiger partial charge in [-0.25, -0.2) is 15.0 Å². The van der Waals surface area contributed by atoms with Crippen LogP contribution < -0.4 is 4.90 Å². The van der Waals surface area contributed by atoms with Crippen LogP contribution in [0.1, 0.15) is 29.2 Å². The minimum atomic E-state index is 0.294. The second kappa shape index (κ2) is 6.28. The van der Waals surface area contributed by atoms with E-state index in [2.05, 4.69) is 39.2 Å². The van der Waals surface area contributed by atoms with Gasteiger partial charge in [0.15, 0.2) is 0 Å². The molecule has 0 aliphatic rings. The van der Waals surface area contributed by atoms with E-state index in [0.29, 0.717) is 6.04 Å². The molecule has 0 spiro atoms. The molecule has 6 heteroatoms. The molecule has 2 aromatic heterocycles. The van der Waals surface area contributed by atoms with Crippen LogP contribution in [0.4, 0.5) is 5.95 Å². The number of hydrogen-bond acceptors (Lipinski definition) is 6. The van der Waals surface area contributed by atoms with Gasteiger partial charge in [0.05, 0.1) is 6.04 Å². The summed E-state index contributed by atoms with van der Waals surface area (Å²) in [5.74, 6) is 0.736. The van der Waals surface area contributed by atoms with Crippen molar-refractivity contribution in [1.29, 1.82) is 0 Å². The lowest BCUT2D eigenvalue weighted by Crippen LogP contribution is -2.22. The molecular weight excluding hydrogens is 270 g/mol. The van der Waals surface area contributed by atoms with Crippen LogP contribution in [0.5, 0.6) is 0 Å². The number of hydrogen-bond donors (Lipinski definition) is 0. The van der Waals surface area contributed by atoms with Crippen molar-refractivity contribution in [1.82, 2.24) is 19.9 Å². The fraction of sp³-hybridized carbons (Fsp3) is 0.500. The van der Waals surface area contributed by atoms with Crippen molar-refractivity contribution in [2.24, 2.45) is 0 Å². The fourth-order valence-corrected chi connectivity index (χ4v) is 2.76. The second-order valence-corrected chi connectivity index (χ2v) is 6.09. The van der Waals surface area contributed by atoms with Crippen molar-refractivity contribution >= 4 is 17.3 Å². The Hall–Kier alpha value is -1.53. The maximum Gasteiger partial charge on any atom is 0.224 e. The molecular formula is C14H21N5S. The van der Waals surface area contributed by atoms with Crippen molar-refractivity contribution in [3.05, 3.63) is 34.0 Å². The van der Waals surface area contributed by atoms with Crippen LogP contribution in [0.2, 0.25) is 0 Å². The van der Waals surface area contributed by atoms with Gasteiger partial charge in [0.1, 0.15) is 5.01 Å². The molecule has 0 bridgehead atoms. The van der Waals surface area contributed by atoms with E-state index in [-0.39, 0.29) is 0 Å². The number of nitrogens with zero attached hydrogens (tertiary/aromatic N) is 5. The van der Waals surface area contributed by atoms with Gasteiger partial charge in [0, 0.05) is 49.7 Å². The number of aryl methyl sites for hydroxylation is 1. The average molecular weight is 291 g/mol. The Morgan fingerprint density at radius 3 is 2.35 bits per heavy atom. The highest BCUT2D eigenvalue weighted by molar-refractivity contribution is 7.09. The third-order valence-corrected chi connectivity index (χ3v) is 4.31. The highest BCUT2D eigenvalue weighted by Crippen LogP contribution is 2.23. The Labute approximate surface area is 124 Å². The number of aromatic nitrogens is 3. The molecule has 0 aromatic carbocycles. The predicted octanol–water partition coefficient (Wildman–Crippen LogP) is 2.50. The lowest BCUT2D eigenvalue weighted by Gasteiger charge is -2.22. The molecule has 0 N–H and O–H groups in total. The normalized spacial score (nSPS) is 12.7. The van der Waals surface area contributed by atoms with E-state index in [1.54, 1.807) is 11.3 Å². The van der Waals surface area contributed by atoms with Crippen LogP contribution in [-0.2, 0) is 6.54 Å². The molecule has 0 fully saturated rings. The zero-order valence-corrected chi connectivity index (χ0v) is 13.5. The summed E-state index contributed by atoms with van der Waals surface area (Å²) in [6, 6.07) is 0.294. The molecule has 20 heavy (non-hydrogen) atoms. The molecule has 1 unspecified atom stereocenters. The molecule has 2 aromatic rings. The summed E-state index contributed by atoms with van der Waals surface area (Å²) < 4.78 is 0.